The van der Waals surface area contributed by atoms with Gasteiger partial charge in [-0.1, -0.05) is 0 Å². The number of aromatic carboxylic acids is 1. The van der Waals surface area contributed by atoms with E-state index >= 15 is 0 Å². The Kier molecular flexibility index (Phi) is 3.69. The number of aryl methyl sites for hydroxylation is 2. The summed E-state index contributed by atoms with van der Waals surface area (Å²) in [5, 5.41) is 18.4. The first kappa shape index (κ1) is 14.0. The second-order valence-corrected chi connectivity index (χ2v) is 4.38. The molecule has 0 fully saturated rings. The zero-order valence-corrected chi connectivity index (χ0v) is 10.9. The van der Waals surface area contributed by atoms with Gasteiger partial charge in [0, 0.05) is 23.9 Å². The minimum absolute atomic E-state index is 0.0659. The van der Waals surface area contributed by atoms with Gasteiger partial charge < -0.3 is 10.4 Å². The molecule has 0 aliphatic carbocycles. The molecule has 2 rings (SSSR count). The Bertz CT molecular complexity index is 648. The average Bonchev–Trinajstić information content (AvgIpc) is 2.68. The van der Waals surface area contributed by atoms with Gasteiger partial charge in [0.05, 0.1) is 16.9 Å². The number of nitrogens with one attached hydrogen (secondary N) is 2. The third-order valence-corrected chi connectivity index (χ3v) is 3.02. The fourth-order valence-corrected chi connectivity index (χ4v) is 1.87. The molecule has 5 nitrogen and oxygen atoms in total. The summed E-state index contributed by atoms with van der Waals surface area (Å²) in [5.41, 5.74) is 1.80. The normalized spacial score (nSPS) is 10.6. The molecule has 0 amide bonds. The van der Waals surface area contributed by atoms with E-state index in [1.165, 1.54) is 0 Å². The van der Waals surface area contributed by atoms with Crippen molar-refractivity contribution in [3.05, 3.63) is 46.3 Å². The van der Waals surface area contributed by atoms with Crippen LogP contribution in [0.15, 0.2) is 12.1 Å². The summed E-state index contributed by atoms with van der Waals surface area (Å²) in [6.07, 6.45) is 0. The van der Waals surface area contributed by atoms with E-state index in [0.717, 1.165) is 23.0 Å². The van der Waals surface area contributed by atoms with E-state index < -0.39 is 23.2 Å². The number of carboxylic acid groups (broad SMARTS) is 1. The molecular formula is C13H13F2N3O2. The minimum atomic E-state index is -1.44. The van der Waals surface area contributed by atoms with Gasteiger partial charge in [-0.3, -0.25) is 5.10 Å². The van der Waals surface area contributed by atoms with Crippen LogP contribution in [0.25, 0.3) is 0 Å². The van der Waals surface area contributed by atoms with Crippen molar-refractivity contribution in [2.45, 2.75) is 20.4 Å². The molecule has 0 atom stereocenters. The Hall–Kier alpha value is -2.44. The van der Waals surface area contributed by atoms with Crippen molar-refractivity contribution in [2.75, 3.05) is 5.32 Å². The molecule has 0 spiro atoms. The number of H-pyrrole nitrogens is 1. The van der Waals surface area contributed by atoms with Crippen molar-refractivity contribution >= 4 is 11.7 Å². The third kappa shape index (κ3) is 2.61. The molecule has 3 N–H and O–H groups in total. The minimum Gasteiger partial charge on any atom is -0.478 e. The van der Waals surface area contributed by atoms with Crippen molar-refractivity contribution < 1.29 is 18.7 Å². The molecule has 20 heavy (non-hydrogen) atoms. The van der Waals surface area contributed by atoms with Crippen molar-refractivity contribution in [1.29, 1.82) is 0 Å². The summed E-state index contributed by atoms with van der Waals surface area (Å²) >= 11 is 0. The Labute approximate surface area is 113 Å². The molecule has 1 heterocycles. The third-order valence-electron chi connectivity index (χ3n) is 3.02. The lowest BCUT2D eigenvalue weighted by Gasteiger charge is -2.09. The zero-order valence-electron chi connectivity index (χ0n) is 10.9. The standard InChI is InChI=1S/C13H13F2N3O2/c1-6-9(7(2)18-17-6)5-16-12-3-8(13(19)20)10(14)4-11(12)15/h3-4,16H,5H2,1-2H3,(H,17,18)(H,19,20). The quantitative estimate of drug-likeness (QED) is 0.805. The lowest BCUT2D eigenvalue weighted by molar-refractivity contribution is 0.0692. The monoisotopic (exact) mass is 281 g/mol. The van der Waals surface area contributed by atoms with Crippen LogP contribution in [-0.4, -0.2) is 21.3 Å². The number of aromatic amines is 1. The first-order chi connectivity index (χ1) is 9.40. The van der Waals surface area contributed by atoms with Gasteiger partial charge in [0.25, 0.3) is 0 Å². The molecule has 1 aromatic heterocycles. The summed E-state index contributed by atoms with van der Waals surface area (Å²) in [4.78, 5) is 10.8. The molecule has 0 aliphatic rings. The van der Waals surface area contributed by atoms with E-state index in [2.05, 4.69) is 15.5 Å². The van der Waals surface area contributed by atoms with Crippen LogP contribution in [0.5, 0.6) is 0 Å². The van der Waals surface area contributed by atoms with E-state index in [1.807, 2.05) is 6.92 Å². The first-order valence-electron chi connectivity index (χ1n) is 5.86. The number of benzene rings is 1. The summed E-state index contributed by atoms with van der Waals surface area (Å²) in [6, 6.07) is 1.50. The van der Waals surface area contributed by atoms with Crippen molar-refractivity contribution in [3.8, 4) is 0 Å². The van der Waals surface area contributed by atoms with Gasteiger partial charge in [-0.25, -0.2) is 13.6 Å². The van der Waals surface area contributed by atoms with Gasteiger partial charge in [0.2, 0.25) is 0 Å². The maximum Gasteiger partial charge on any atom is 0.338 e. The first-order valence-corrected chi connectivity index (χ1v) is 5.86. The summed E-state index contributed by atoms with van der Waals surface area (Å²) in [5.74, 6) is -3.39. The van der Waals surface area contributed by atoms with Crippen LogP contribution in [0, 0.1) is 25.5 Å². The number of aromatic nitrogens is 2. The number of anilines is 1. The Morgan fingerprint density at radius 3 is 2.60 bits per heavy atom. The molecule has 2 aromatic rings. The highest BCUT2D eigenvalue weighted by atomic mass is 19.1. The van der Waals surface area contributed by atoms with Crippen LogP contribution in [0.4, 0.5) is 14.5 Å². The number of carbonyl (C=O) groups is 1. The smallest absolute Gasteiger partial charge is 0.338 e. The van der Waals surface area contributed by atoms with Crippen LogP contribution < -0.4 is 5.32 Å². The van der Waals surface area contributed by atoms with Gasteiger partial charge >= 0.3 is 5.97 Å². The molecular weight excluding hydrogens is 268 g/mol. The summed E-state index contributed by atoms with van der Waals surface area (Å²) in [7, 11) is 0. The molecule has 0 saturated carbocycles. The fraction of sp³-hybridized carbons (Fsp3) is 0.231. The largest absolute Gasteiger partial charge is 0.478 e. The highest BCUT2D eigenvalue weighted by molar-refractivity contribution is 5.89. The lowest BCUT2D eigenvalue weighted by atomic mass is 10.1. The number of nitrogens with zero attached hydrogens (tertiary/aromatic N) is 1. The number of carboxylic acids is 1. The molecule has 0 aliphatic heterocycles. The number of hydrogen-bond donors (Lipinski definition) is 3. The van der Waals surface area contributed by atoms with E-state index in [1.54, 1.807) is 6.92 Å². The van der Waals surface area contributed by atoms with E-state index in [-0.39, 0.29) is 12.2 Å². The van der Waals surface area contributed by atoms with Crippen molar-refractivity contribution in [1.82, 2.24) is 10.2 Å². The van der Waals surface area contributed by atoms with Gasteiger partial charge in [-0.2, -0.15) is 5.10 Å². The molecule has 0 saturated heterocycles. The predicted molar refractivity (Wildman–Crippen MR) is 68.7 cm³/mol. The van der Waals surface area contributed by atoms with Crippen LogP contribution in [0.2, 0.25) is 0 Å². The van der Waals surface area contributed by atoms with E-state index in [9.17, 15) is 13.6 Å². The Morgan fingerprint density at radius 1 is 1.35 bits per heavy atom. The fourth-order valence-electron chi connectivity index (χ4n) is 1.87. The Morgan fingerprint density at radius 2 is 2.05 bits per heavy atom. The van der Waals surface area contributed by atoms with Crippen molar-refractivity contribution in [2.24, 2.45) is 0 Å². The molecule has 0 unspecified atom stereocenters. The topological polar surface area (TPSA) is 78.0 Å². The molecule has 7 heteroatoms. The molecule has 1 aromatic carbocycles. The van der Waals surface area contributed by atoms with E-state index in [0.29, 0.717) is 6.07 Å². The molecule has 0 bridgehead atoms. The maximum absolute atomic E-state index is 13.6. The summed E-state index contributed by atoms with van der Waals surface area (Å²) < 4.78 is 26.9. The van der Waals surface area contributed by atoms with Crippen molar-refractivity contribution in [3.63, 3.8) is 0 Å². The summed E-state index contributed by atoms with van der Waals surface area (Å²) in [6.45, 7) is 3.88. The number of rotatable bonds is 4. The highest BCUT2D eigenvalue weighted by Crippen LogP contribution is 2.21. The zero-order chi connectivity index (χ0) is 14.9. The van der Waals surface area contributed by atoms with Gasteiger partial charge in [-0.15, -0.1) is 0 Å². The van der Waals surface area contributed by atoms with Gasteiger partial charge in [0.1, 0.15) is 11.6 Å². The number of hydrogen-bond acceptors (Lipinski definition) is 3. The second kappa shape index (κ2) is 5.28. The van der Waals surface area contributed by atoms with Crippen LogP contribution in [-0.2, 0) is 6.54 Å². The second-order valence-electron chi connectivity index (χ2n) is 4.38. The van der Waals surface area contributed by atoms with Crippen LogP contribution in [0.1, 0.15) is 27.3 Å². The number of halogens is 2. The van der Waals surface area contributed by atoms with Gasteiger partial charge in [0.15, 0.2) is 0 Å². The lowest BCUT2D eigenvalue weighted by Crippen LogP contribution is -2.07. The molecule has 106 valence electrons. The van der Waals surface area contributed by atoms with Crippen LogP contribution in [0.3, 0.4) is 0 Å². The average molecular weight is 281 g/mol. The predicted octanol–water partition coefficient (Wildman–Crippen LogP) is 2.62. The SMILES string of the molecule is Cc1n[nH]c(C)c1CNc1cc(C(=O)O)c(F)cc1F. The Balaban J connectivity index is 2.26. The maximum atomic E-state index is 13.6. The van der Waals surface area contributed by atoms with Crippen LogP contribution >= 0.6 is 0 Å². The molecule has 0 radical (unpaired) electrons. The van der Waals surface area contributed by atoms with Gasteiger partial charge in [-0.05, 0) is 19.9 Å². The van der Waals surface area contributed by atoms with E-state index in [4.69, 9.17) is 5.11 Å². The highest BCUT2D eigenvalue weighted by Gasteiger charge is 2.15.